The number of halogens is 1. The maximum atomic E-state index is 11.6. The molecule has 1 saturated carbocycles. The zero-order valence-electron chi connectivity index (χ0n) is 11.0. The largest absolute Gasteiger partial charge is 0.469 e. The van der Waals surface area contributed by atoms with E-state index in [9.17, 15) is 4.79 Å². The maximum Gasteiger partial charge on any atom is 0.309 e. The quantitative estimate of drug-likeness (QED) is 0.803. The molecule has 1 aliphatic heterocycles. The lowest BCUT2D eigenvalue weighted by Gasteiger charge is -2.32. The Morgan fingerprint density at radius 1 is 1.53 bits per heavy atom. The summed E-state index contributed by atoms with van der Waals surface area (Å²) in [6, 6.07) is 4.06. The number of nitrogens with zero attached hydrogens (tertiary/aromatic N) is 1. The van der Waals surface area contributed by atoms with Gasteiger partial charge in [-0.05, 0) is 49.9 Å². The Morgan fingerprint density at radius 3 is 2.84 bits per heavy atom. The van der Waals surface area contributed by atoms with Crippen molar-refractivity contribution in [1.29, 1.82) is 0 Å². The van der Waals surface area contributed by atoms with Crippen LogP contribution in [0.2, 0.25) is 4.34 Å². The zero-order valence-corrected chi connectivity index (χ0v) is 12.6. The third-order valence-corrected chi connectivity index (χ3v) is 5.75. The van der Waals surface area contributed by atoms with Crippen molar-refractivity contribution < 1.29 is 9.53 Å². The van der Waals surface area contributed by atoms with Crippen LogP contribution in [0.25, 0.3) is 0 Å². The second-order valence-corrected chi connectivity index (χ2v) is 7.42. The molecular formula is C14H18ClNO2S. The van der Waals surface area contributed by atoms with Crippen LogP contribution in [0.5, 0.6) is 0 Å². The lowest BCUT2D eigenvalue weighted by Crippen LogP contribution is -2.35. The number of piperidine rings is 1. The van der Waals surface area contributed by atoms with Crippen LogP contribution in [0.15, 0.2) is 12.1 Å². The molecular weight excluding hydrogens is 282 g/mol. The van der Waals surface area contributed by atoms with Crippen LogP contribution < -0.4 is 0 Å². The monoisotopic (exact) mass is 299 g/mol. The van der Waals surface area contributed by atoms with Crippen molar-refractivity contribution in [3.63, 3.8) is 0 Å². The van der Waals surface area contributed by atoms with E-state index in [0.717, 1.165) is 43.2 Å². The first kappa shape index (κ1) is 13.4. The molecule has 1 saturated heterocycles. The summed E-state index contributed by atoms with van der Waals surface area (Å²) < 4.78 is 5.72. The second-order valence-electron chi connectivity index (χ2n) is 5.62. The molecule has 1 aliphatic carbocycles. The number of hydrogen-bond donors (Lipinski definition) is 0. The summed E-state index contributed by atoms with van der Waals surface area (Å²) in [7, 11) is 1.49. The Bertz CT molecular complexity index is 480. The Hall–Kier alpha value is -0.580. The van der Waals surface area contributed by atoms with Crippen molar-refractivity contribution >= 4 is 28.9 Å². The predicted octanol–water partition coefficient (Wildman–Crippen LogP) is 3.18. The van der Waals surface area contributed by atoms with Crippen LogP contribution in [0.1, 0.15) is 24.1 Å². The lowest BCUT2D eigenvalue weighted by atomic mass is 9.91. The summed E-state index contributed by atoms with van der Waals surface area (Å²) in [6.45, 7) is 3.13. The summed E-state index contributed by atoms with van der Waals surface area (Å²) in [5.74, 6) is 0.148. The average molecular weight is 300 g/mol. The van der Waals surface area contributed by atoms with Crippen LogP contribution in [-0.2, 0) is 16.1 Å². The van der Waals surface area contributed by atoms with E-state index in [1.165, 1.54) is 12.0 Å². The Balaban J connectivity index is 1.52. The van der Waals surface area contributed by atoms with Crippen molar-refractivity contribution in [3.05, 3.63) is 21.3 Å². The summed E-state index contributed by atoms with van der Waals surface area (Å²) >= 11 is 7.61. The number of ether oxygens (including phenoxy) is 1. The molecule has 3 nitrogen and oxygen atoms in total. The van der Waals surface area contributed by atoms with Crippen LogP contribution in [0, 0.1) is 11.3 Å². The van der Waals surface area contributed by atoms with Crippen molar-refractivity contribution in [1.82, 2.24) is 4.90 Å². The van der Waals surface area contributed by atoms with Gasteiger partial charge < -0.3 is 4.74 Å². The van der Waals surface area contributed by atoms with Crippen molar-refractivity contribution in [3.8, 4) is 0 Å². The van der Waals surface area contributed by atoms with E-state index in [1.807, 2.05) is 6.07 Å². The lowest BCUT2D eigenvalue weighted by molar-refractivity contribution is -0.143. The number of esters is 1. The topological polar surface area (TPSA) is 29.5 Å². The molecule has 0 N–H and O–H groups in total. The van der Waals surface area contributed by atoms with Gasteiger partial charge in [-0.2, -0.15) is 0 Å². The van der Waals surface area contributed by atoms with Crippen LogP contribution in [0.4, 0.5) is 0 Å². The van der Waals surface area contributed by atoms with Gasteiger partial charge in [-0.1, -0.05) is 11.6 Å². The number of carbonyl (C=O) groups excluding carboxylic acids is 1. The van der Waals surface area contributed by atoms with Gasteiger partial charge in [0, 0.05) is 11.4 Å². The van der Waals surface area contributed by atoms with E-state index in [-0.39, 0.29) is 17.3 Å². The molecule has 0 radical (unpaired) electrons. The first-order valence-corrected chi connectivity index (χ1v) is 7.87. The van der Waals surface area contributed by atoms with Crippen molar-refractivity contribution in [2.24, 2.45) is 11.3 Å². The van der Waals surface area contributed by atoms with Crippen molar-refractivity contribution in [2.45, 2.75) is 25.8 Å². The minimum atomic E-state index is -0.0153. The van der Waals surface area contributed by atoms with Gasteiger partial charge in [0.25, 0.3) is 0 Å². The molecule has 3 rings (SSSR count). The first-order valence-electron chi connectivity index (χ1n) is 6.67. The number of rotatable bonds is 3. The van der Waals surface area contributed by atoms with E-state index < -0.39 is 0 Å². The molecule has 2 heterocycles. The molecule has 0 bridgehead atoms. The van der Waals surface area contributed by atoms with Gasteiger partial charge in [-0.25, -0.2) is 0 Å². The van der Waals surface area contributed by atoms with Gasteiger partial charge >= 0.3 is 5.97 Å². The Kier molecular flexibility index (Phi) is 3.58. The summed E-state index contributed by atoms with van der Waals surface area (Å²) in [5.41, 5.74) is 0.261. The highest BCUT2D eigenvalue weighted by Crippen LogP contribution is 2.59. The molecule has 1 atom stereocenters. The molecule has 1 aromatic rings. The molecule has 1 aromatic heterocycles. The third kappa shape index (κ3) is 2.67. The smallest absolute Gasteiger partial charge is 0.309 e. The van der Waals surface area contributed by atoms with Gasteiger partial charge in [-0.3, -0.25) is 9.69 Å². The molecule has 5 heteroatoms. The van der Waals surface area contributed by atoms with E-state index in [2.05, 4.69) is 11.0 Å². The fraction of sp³-hybridized carbons (Fsp3) is 0.643. The number of thiophene rings is 1. The molecule has 1 unspecified atom stereocenters. The zero-order chi connectivity index (χ0) is 13.5. The second kappa shape index (κ2) is 5.08. The minimum absolute atomic E-state index is 0.0153. The SMILES string of the molecule is COC(=O)C1CC12CCN(Cc1ccc(Cl)s1)CC2. The van der Waals surface area contributed by atoms with Crippen LogP contribution in [0.3, 0.4) is 0 Å². The molecule has 0 aromatic carbocycles. The highest BCUT2D eigenvalue weighted by atomic mass is 35.5. The summed E-state index contributed by atoms with van der Waals surface area (Å²) in [6.07, 6.45) is 3.26. The van der Waals surface area contributed by atoms with Gasteiger partial charge in [0.15, 0.2) is 0 Å². The molecule has 19 heavy (non-hydrogen) atoms. The number of carbonyl (C=O) groups is 1. The standard InChI is InChI=1S/C14H18ClNO2S/c1-18-13(17)11-8-14(11)4-6-16(7-5-14)9-10-2-3-12(15)19-10/h2-3,11H,4-9H2,1H3. The van der Waals surface area contributed by atoms with E-state index in [4.69, 9.17) is 16.3 Å². The van der Waals surface area contributed by atoms with Crippen LogP contribution >= 0.6 is 22.9 Å². The maximum absolute atomic E-state index is 11.6. The number of likely N-dealkylation sites (tertiary alicyclic amines) is 1. The van der Waals surface area contributed by atoms with Crippen molar-refractivity contribution in [2.75, 3.05) is 20.2 Å². The number of hydrogen-bond acceptors (Lipinski definition) is 4. The Labute approximate surface area is 122 Å². The fourth-order valence-electron chi connectivity index (χ4n) is 3.19. The van der Waals surface area contributed by atoms with Gasteiger partial charge in [0.1, 0.15) is 0 Å². The summed E-state index contributed by atoms with van der Waals surface area (Å²) in [5, 5.41) is 0. The molecule has 0 amide bonds. The minimum Gasteiger partial charge on any atom is -0.469 e. The highest BCUT2D eigenvalue weighted by Gasteiger charge is 2.59. The van der Waals surface area contributed by atoms with E-state index >= 15 is 0 Å². The molecule has 1 spiro atoms. The van der Waals surface area contributed by atoms with Gasteiger partial charge in [0.05, 0.1) is 17.4 Å². The fourth-order valence-corrected chi connectivity index (χ4v) is 4.32. The van der Waals surface area contributed by atoms with E-state index in [1.54, 1.807) is 11.3 Å². The Morgan fingerprint density at radius 2 is 2.26 bits per heavy atom. The molecule has 104 valence electrons. The normalized spacial score (nSPS) is 25.5. The van der Waals surface area contributed by atoms with Gasteiger partial charge in [0.2, 0.25) is 0 Å². The third-order valence-electron chi connectivity index (χ3n) is 4.54. The first-order chi connectivity index (χ1) is 9.13. The number of methoxy groups -OCH3 is 1. The molecule has 2 fully saturated rings. The predicted molar refractivity (Wildman–Crippen MR) is 76.4 cm³/mol. The highest BCUT2D eigenvalue weighted by molar-refractivity contribution is 7.16. The average Bonchev–Trinajstić information content (AvgIpc) is 2.97. The van der Waals surface area contributed by atoms with Gasteiger partial charge in [-0.15, -0.1) is 11.3 Å². The molecule has 2 aliphatic rings. The summed E-state index contributed by atoms with van der Waals surface area (Å²) in [4.78, 5) is 15.4. The van der Waals surface area contributed by atoms with E-state index in [0.29, 0.717) is 0 Å². The van der Waals surface area contributed by atoms with Crippen LogP contribution in [-0.4, -0.2) is 31.1 Å².